The van der Waals surface area contributed by atoms with Crippen molar-refractivity contribution in [2.24, 2.45) is 5.92 Å². The molecule has 250 valence electrons. The van der Waals surface area contributed by atoms with Gasteiger partial charge in [-0.3, -0.25) is 24.0 Å². The summed E-state index contributed by atoms with van der Waals surface area (Å²) in [5, 5.41) is 13.1. The van der Waals surface area contributed by atoms with Gasteiger partial charge in [0.25, 0.3) is 5.56 Å². The van der Waals surface area contributed by atoms with Crippen LogP contribution in [0.15, 0.2) is 78.2 Å². The maximum Gasteiger partial charge on any atom is 0.262 e. The molecule has 11 heteroatoms. The molecule has 0 bridgehead atoms. The molecule has 0 unspecified atom stereocenters. The molecule has 5 aromatic rings. The lowest BCUT2D eigenvalue weighted by atomic mass is 9.79. The van der Waals surface area contributed by atoms with Crippen molar-refractivity contribution >= 4 is 28.3 Å². The zero-order valence-electron chi connectivity index (χ0n) is 27.8. The van der Waals surface area contributed by atoms with E-state index < -0.39 is 5.60 Å². The van der Waals surface area contributed by atoms with Crippen molar-refractivity contribution in [2.75, 3.05) is 26.2 Å². The summed E-state index contributed by atoms with van der Waals surface area (Å²) in [4.78, 5) is 46.7. The van der Waals surface area contributed by atoms with Crippen molar-refractivity contribution in [2.45, 2.75) is 70.7 Å². The van der Waals surface area contributed by atoms with Gasteiger partial charge in [-0.05, 0) is 70.3 Å². The van der Waals surface area contributed by atoms with Gasteiger partial charge in [-0.2, -0.15) is 0 Å². The van der Waals surface area contributed by atoms with Crippen LogP contribution in [0.25, 0.3) is 21.6 Å². The number of fused-ring (bicyclic) bond motifs is 1. The third kappa shape index (κ3) is 6.59. The lowest BCUT2D eigenvalue weighted by Gasteiger charge is -2.43. The van der Waals surface area contributed by atoms with Crippen molar-refractivity contribution in [3.63, 3.8) is 0 Å². The van der Waals surface area contributed by atoms with Gasteiger partial charge in [0.05, 0.1) is 17.5 Å². The van der Waals surface area contributed by atoms with Crippen LogP contribution >= 0.6 is 11.3 Å². The molecular formula is C37H43N7O3S. The molecule has 2 saturated heterocycles. The van der Waals surface area contributed by atoms with Crippen LogP contribution in [-0.2, 0) is 17.9 Å². The summed E-state index contributed by atoms with van der Waals surface area (Å²) in [6, 6.07) is 16.5. The summed E-state index contributed by atoms with van der Waals surface area (Å²) < 4.78 is 3.50. The molecule has 2 aliphatic rings. The Morgan fingerprint density at radius 1 is 1.02 bits per heavy atom. The number of rotatable bonds is 8. The molecule has 2 atom stereocenters. The minimum Gasteiger partial charge on any atom is -0.388 e. The zero-order valence-corrected chi connectivity index (χ0v) is 28.6. The van der Waals surface area contributed by atoms with Crippen LogP contribution in [0.3, 0.4) is 0 Å². The topological polar surface area (TPSA) is 109 Å². The maximum atomic E-state index is 14.2. The highest BCUT2D eigenvalue weighted by Crippen LogP contribution is 2.37. The van der Waals surface area contributed by atoms with Gasteiger partial charge < -0.3 is 14.6 Å². The Balaban J connectivity index is 1.01. The monoisotopic (exact) mass is 665 g/mol. The fourth-order valence-electron chi connectivity index (χ4n) is 7.28. The first kappa shape index (κ1) is 32.4. The van der Waals surface area contributed by atoms with Gasteiger partial charge in [0, 0.05) is 78.8 Å². The van der Waals surface area contributed by atoms with Crippen LogP contribution in [0.5, 0.6) is 0 Å². The maximum absolute atomic E-state index is 14.2. The van der Waals surface area contributed by atoms with Crippen LogP contribution in [0.4, 0.5) is 0 Å². The van der Waals surface area contributed by atoms with Gasteiger partial charge in [-0.1, -0.05) is 30.3 Å². The lowest BCUT2D eigenvalue weighted by molar-refractivity contribution is -0.142. The second-order valence-corrected chi connectivity index (χ2v) is 14.9. The predicted octanol–water partition coefficient (Wildman–Crippen LogP) is 5.27. The van der Waals surface area contributed by atoms with Crippen molar-refractivity contribution < 1.29 is 9.90 Å². The average molecular weight is 666 g/mol. The molecule has 4 aromatic heterocycles. The molecule has 10 nitrogen and oxygen atoms in total. The molecule has 1 N–H and O–H groups in total. The number of nitrogens with zero attached hydrogens (tertiary/aromatic N) is 7. The van der Waals surface area contributed by atoms with Crippen molar-refractivity contribution in [1.29, 1.82) is 0 Å². The second kappa shape index (κ2) is 13.4. The normalized spacial score (nSPS) is 20.1. The van der Waals surface area contributed by atoms with E-state index in [1.165, 1.54) is 15.0 Å². The Morgan fingerprint density at radius 3 is 2.54 bits per heavy atom. The third-order valence-electron chi connectivity index (χ3n) is 10.1. The number of piperidine rings is 2. The van der Waals surface area contributed by atoms with E-state index in [4.69, 9.17) is 0 Å². The number of pyridine rings is 1. The van der Waals surface area contributed by atoms with E-state index in [9.17, 15) is 14.7 Å². The van der Waals surface area contributed by atoms with Gasteiger partial charge in [0.15, 0.2) is 0 Å². The SMILES string of the molecule is Cc1ccc(-c2ncc(CN3CC[C@@H](C(=O)N4CCC(O)(Cn5cnc6c(ccn6C(C)C)c5=O)CC4)[C@H](c4ccccc4)C3)s2)cn1. The molecule has 0 spiro atoms. The van der Waals surface area contributed by atoms with E-state index in [0.717, 1.165) is 42.3 Å². The highest BCUT2D eigenvalue weighted by Gasteiger charge is 2.41. The van der Waals surface area contributed by atoms with E-state index in [-0.39, 0.29) is 35.9 Å². The number of benzene rings is 1. The van der Waals surface area contributed by atoms with Crippen molar-refractivity contribution in [1.82, 2.24) is 33.9 Å². The molecular weight excluding hydrogens is 623 g/mol. The second-order valence-electron chi connectivity index (χ2n) is 13.7. The summed E-state index contributed by atoms with van der Waals surface area (Å²) in [6.07, 6.45) is 8.87. The summed E-state index contributed by atoms with van der Waals surface area (Å²) in [5.74, 6) is 0.0916. The number of hydrogen-bond acceptors (Lipinski definition) is 8. The number of thiazole rings is 1. The molecule has 6 heterocycles. The number of aliphatic hydroxyl groups is 1. The first-order valence-corrected chi connectivity index (χ1v) is 17.7. The zero-order chi connectivity index (χ0) is 33.4. The Morgan fingerprint density at radius 2 is 1.81 bits per heavy atom. The fourth-order valence-corrected chi connectivity index (χ4v) is 8.23. The molecule has 0 aliphatic carbocycles. The predicted molar refractivity (Wildman–Crippen MR) is 188 cm³/mol. The van der Waals surface area contributed by atoms with Crippen LogP contribution < -0.4 is 5.56 Å². The highest BCUT2D eigenvalue weighted by molar-refractivity contribution is 7.15. The fraction of sp³-hybridized carbons (Fsp3) is 0.432. The molecule has 48 heavy (non-hydrogen) atoms. The van der Waals surface area contributed by atoms with E-state index in [0.29, 0.717) is 37.0 Å². The third-order valence-corrected chi connectivity index (χ3v) is 11.1. The number of amides is 1. The number of likely N-dealkylation sites (tertiary alicyclic amines) is 2. The standard InChI is InChI=1S/C37H43N7O3S/c1-25(2)44-16-12-31-33(44)40-24-43(36(31)46)23-37(47)13-17-42(18-14-37)35(45)30-11-15-41(22-32(30)27-7-5-4-6-8-27)21-29-20-39-34(48-29)28-10-9-26(3)38-19-28/h4-10,12,16,19-20,24-25,30,32,47H,11,13-15,17-18,21-23H2,1-3H3/t30-,32+/m1/s1. The number of hydrogen-bond donors (Lipinski definition) is 1. The lowest BCUT2D eigenvalue weighted by Crippen LogP contribution is -2.53. The molecule has 2 fully saturated rings. The Kier molecular flexibility index (Phi) is 9.02. The van der Waals surface area contributed by atoms with Gasteiger partial charge >= 0.3 is 0 Å². The van der Waals surface area contributed by atoms with Gasteiger partial charge in [-0.15, -0.1) is 11.3 Å². The highest BCUT2D eigenvalue weighted by atomic mass is 32.1. The van der Waals surface area contributed by atoms with E-state index >= 15 is 0 Å². The van der Waals surface area contributed by atoms with Crippen LogP contribution in [0, 0.1) is 12.8 Å². The van der Waals surface area contributed by atoms with E-state index in [1.807, 2.05) is 59.2 Å². The largest absolute Gasteiger partial charge is 0.388 e. The Labute approximate surface area is 284 Å². The summed E-state index contributed by atoms with van der Waals surface area (Å²) in [7, 11) is 0. The smallest absolute Gasteiger partial charge is 0.262 e. The first-order chi connectivity index (χ1) is 23.2. The van der Waals surface area contributed by atoms with Crippen LogP contribution in [0.1, 0.15) is 61.2 Å². The molecule has 0 saturated carbocycles. The van der Waals surface area contributed by atoms with E-state index in [2.05, 4.69) is 51.9 Å². The van der Waals surface area contributed by atoms with Gasteiger partial charge in [0.1, 0.15) is 17.0 Å². The van der Waals surface area contributed by atoms with E-state index in [1.54, 1.807) is 23.7 Å². The first-order valence-electron chi connectivity index (χ1n) is 16.9. The quantitative estimate of drug-likeness (QED) is 0.241. The summed E-state index contributed by atoms with van der Waals surface area (Å²) in [6.45, 7) is 9.58. The molecule has 2 aliphatic heterocycles. The van der Waals surface area contributed by atoms with Gasteiger partial charge in [0.2, 0.25) is 5.91 Å². The van der Waals surface area contributed by atoms with Crippen LogP contribution in [0.2, 0.25) is 0 Å². The number of aryl methyl sites for hydroxylation is 1. The Hall–Kier alpha value is -4.19. The minimum atomic E-state index is -1.08. The Bertz CT molecular complexity index is 1940. The number of carbonyl (C=O) groups excluding carboxylic acids is 1. The molecule has 0 radical (unpaired) electrons. The van der Waals surface area contributed by atoms with Crippen LogP contribution in [-0.4, -0.2) is 76.7 Å². The average Bonchev–Trinajstić information content (AvgIpc) is 3.75. The minimum absolute atomic E-state index is 0.0662. The van der Waals surface area contributed by atoms with Gasteiger partial charge in [-0.25, -0.2) is 9.97 Å². The van der Waals surface area contributed by atoms with Crippen molar-refractivity contribution in [3.05, 3.63) is 99.9 Å². The number of aromatic nitrogens is 5. The number of carbonyl (C=O) groups is 1. The molecule has 7 rings (SSSR count). The molecule has 1 aromatic carbocycles. The summed E-state index contributed by atoms with van der Waals surface area (Å²) in [5.41, 5.74) is 2.63. The summed E-state index contributed by atoms with van der Waals surface area (Å²) >= 11 is 1.70. The molecule has 1 amide bonds. The van der Waals surface area contributed by atoms with Crippen molar-refractivity contribution in [3.8, 4) is 10.6 Å².